The molecule has 0 atom stereocenters. The zero-order valence-corrected chi connectivity index (χ0v) is 77.8. The van der Waals surface area contributed by atoms with E-state index in [1.54, 1.807) is 0 Å². The summed E-state index contributed by atoms with van der Waals surface area (Å²) in [6.07, 6.45) is 0. The fourth-order valence-electron chi connectivity index (χ4n) is 22.9. The van der Waals surface area contributed by atoms with Crippen molar-refractivity contribution in [2.24, 2.45) is 0 Å². The Morgan fingerprint density at radius 1 is 0.138 bits per heavy atom. The third-order valence-corrected chi connectivity index (χ3v) is 29.9. The van der Waals surface area contributed by atoms with Gasteiger partial charge in [0, 0.05) is 70.2 Å². The molecule has 0 fully saturated rings. The number of benzene rings is 24. The van der Waals surface area contributed by atoms with Gasteiger partial charge in [-0.2, -0.15) is 0 Å². The lowest BCUT2D eigenvalue weighted by Crippen LogP contribution is -2.10. The quantitative estimate of drug-likeness (QED) is 0.154. The zero-order valence-electron chi connectivity index (χ0n) is 77.8. The fourth-order valence-corrected chi connectivity index (χ4v) is 22.9. The predicted molar refractivity (Wildman–Crippen MR) is 583 cm³/mol. The van der Waals surface area contributed by atoms with Crippen LogP contribution in [0.5, 0.6) is 0 Å². The van der Waals surface area contributed by atoms with Crippen LogP contribution < -0.4 is 0 Å². The van der Waals surface area contributed by atoms with Crippen molar-refractivity contribution in [3.63, 3.8) is 0 Å². The van der Waals surface area contributed by atoms with Crippen molar-refractivity contribution in [1.29, 1.82) is 0 Å². The van der Waals surface area contributed by atoms with Crippen molar-refractivity contribution < 1.29 is 26.5 Å². The maximum atomic E-state index is 6.61. The molecular weight excluding hydrogens is 1680 g/mol. The van der Waals surface area contributed by atoms with Gasteiger partial charge in [-0.3, -0.25) is 0 Å². The predicted octanol–water partition coefficient (Wildman–Crippen LogP) is 39.0. The smallest absolute Gasteiger partial charge is 0.143 e. The van der Waals surface area contributed by atoms with E-state index in [1.165, 1.54) is 158 Å². The van der Waals surface area contributed by atoms with Crippen molar-refractivity contribution in [2.45, 2.75) is 78.6 Å². The topological polar surface area (TPSA) is 78.8 Å². The lowest BCUT2D eigenvalue weighted by molar-refractivity contribution is 0.591. The lowest BCUT2D eigenvalue weighted by atomic mass is 9.81. The van der Waals surface area contributed by atoms with E-state index in [4.69, 9.17) is 26.5 Å². The van der Waals surface area contributed by atoms with Crippen LogP contribution in [-0.4, -0.2) is 0 Å². The van der Waals surface area contributed by atoms with E-state index in [-0.39, 0.29) is 16.2 Å². The first kappa shape index (κ1) is 79.7. The maximum Gasteiger partial charge on any atom is 0.143 e. The number of hydrogen-bond donors (Lipinski definition) is 0. The molecule has 30 rings (SSSR count). The first-order valence-electron chi connectivity index (χ1n) is 48.0. The van der Waals surface area contributed by atoms with Crippen LogP contribution >= 0.6 is 0 Å². The van der Waals surface area contributed by atoms with Crippen molar-refractivity contribution in [3.8, 4) is 66.8 Å². The average molecular weight is 1770 g/mol. The minimum absolute atomic E-state index is 0.0560. The summed E-state index contributed by atoms with van der Waals surface area (Å²) in [6, 6.07) is 139. The van der Waals surface area contributed by atoms with Crippen LogP contribution in [0.2, 0.25) is 0 Å². The third-order valence-electron chi connectivity index (χ3n) is 29.9. The van der Waals surface area contributed by atoms with E-state index in [0.717, 1.165) is 154 Å². The van der Waals surface area contributed by atoms with E-state index >= 15 is 0 Å². The van der Waals surface area contributed by atoms with Crippen molar-refractivity contribution in [1.82, 2.24) is 0 Å². The Balaban J connectivity index is 0.000000102. The van der Waals surface area contributed by atoms with Crippen LogP contribution in [0.15, 0.2) is 409 Å². The van der Waals surface area contributed by atoms with Gasteiger partial charge in [0.2, 0.25) is 0 Å². The lowest BCUT2D eigenvalue weighted by Gasteiger charge is -2.23. The third kappa shape index (κ3) is 12.3. The maximum absolute atomic E-state index is 6.61. The highest BCUT2D eigenvalue weighted by Crippen LogP contribution is 2.54. The van der Waals surface area contributed by atoms with Gasteiger partial charge in [-0.25, -0.2) is 0 Å². The highest BCUT2D eigenvalue weighted by atomic mass is 16.3. The summed E-state index contributed by atoms with van der Waals surface area (Å²) in [5.41, 5.74) is 29.3. The van der Waals surface area contributed by atoms with E-state index in [0.29, 0.717) is 0 Å². The number of rotatable bonds is 6. The summed E-state index contributed by atoms with van der Waals surface area (Å²) < 4.78 is 38.1. The van der Waals surface area contributed by atoms with E-state index in [2.05, 4.69) is 378 Å². The molecule has 0 saturated heterocycles. The molecule has 0 aliphatic rings. The number of furan rings is 6. The molecule has 6 heteroatoms. The molecule has 0 spiro atoms. The van der Waals surface area contributed by atoms with Crippen molar-refractivity contribution in [2.75, 3.05) is 0 Å². The molecular formula is C132H90O6. The molecule has 654 valence electrons. The second-order valence-corrected chi connectivity index (χ2v) is 41.2. The molecule has 0 amide bonds. The van der Waals surface area contributed by atoms with Gasteiger partial charge in [-0.1, -0.05) is 329 Å². The zero-order chi connectivity index (χ0) is 92.2. The van der Waals surface area contributed by atoms with Crippen LogP contribution in [0.4, 0.5) is 0 Å². The normalized spacial score (nSPS) is 12.7. The molecule has 30 aromatic rings. The van der Waals surface area contributed by atoms with Gasteiger partial charge in [0.25, 0.3) is 0 Å². The van der Waals surface area contributed by atoms with Gasteiger partial charge in [-0.15, -0.1) is 0 Å². The van der Waals surface area contributed by atoms with E-state index in [1.807, 2.05) is 66.7 Å². The second kappa shape index (κ2) is 29.4. The Hall–Kier alpha value is -16.8. The molecule has 138 heavy (non-hydrogen) atoms. The Morgan fingerprint density at radius 3 is 0.674 bits per heavy atom. The van der Waals surface area contributed by atoms with Crippen LogP contribution in [-0.2, 0) is 16.2 Å². The minimum Gasteiger partial charge on any atom is -0.456 e. The second-order valence-electron chi connectivity index (χ2n) is 41.2. The van der Waals surface area contributed by atoms with E-state index < -0.39 is 0 Å². The SMILES string of the molecule is CC(C)(C)c1cc2ccc3c(-c4ccc5c(c4)oc4ccccc45)cc(-c4ccc5c(c4)oc4ccccc45)c4ccc(c1)c2c34.CC(C)(C)c1cc2ccc3c(-c4ccc5c(c4)oc4ccccc45)cc(-c4ccc5oc6ccccc6c5c4)c4ccc(c1)c2c34.CC(C)(C)c1cc2ccc3c(-c4ccc5oc6ccccc6c5c4)cc(-c4cccc5c4oc4ccccc45)c4ccc(c1)c2c34. The standard InChI is InChI=1S/3C44H30O2/c1-44(2,3)28-21-26-15-18-31-35(25-17-20-40-37(23-25)30-10-5-6-13-38(30)45-40)24-36(32-19-16-27(22-28)41(26)42(31)32)34-12-8-11-33-29-9-4-7-14-39(29)46-43(33)34;1-44(2,3)29-20-27-13-17-33-35(25-15-19-40-37(22-25)31-9-5-7-11-39(31)45-40)24-36(34-18-14-28(21-29)42(27)43(33)34)26-12-16-32-30-8-4-6-10-38(30)46-41(32)23-26;1-44(2,3)29-20-27-14-18-34-36(25-12-16-32-30-8-4-6-10-38(30)45-40(32)22-25)24-37(35-19-15-28(21-29)42(27)43(34)35)26-13-17-33-31-9-5-7-11-39(31)46-41(33)23-26/h3*4-24H,1-3H3. The fraction of sp³-hybridized carbons (Fsp3) is 0.0909. The molecule has 6 aromatic heterocycles. The van der Waals surface area contributed by atoms with Crippen LogP contribution in [0.25, 0.3) is 295 Å². The van der Waals surface area contributed by atoms with Crippen molar-refractivity contribution in [3.05, 3.63) is 399 Å². The highest BCUT2D eigenvalue weighted by Gasteiger charge is 2.29. The molecule has 6 heterocycles. The first-order valence-corrected chi connectivity index (χ1v) is 48.0. The summed E-state index contributed by atoms with van der Waals surface area (Å²) >= 11 is 0. The Morgan fingerprint density at radius 2 is 0.362 bits per heavy atom. The van der Waals surface area contributed by atoms with Gasteiger partial charge < -0.3 is 26.5 Å². The van der Waals surface area contributed by atoms with Gasteiger partial charge in [-0.05, 0) is 306 Å². The average Bonchev–Trinajstić information content (AvgIpc) is 0.741. The molecule has 0 aliphatic carbocycles. The van der Waals surface area contributed by atoms with Crippen molar-refractivity contribution >= 4 is 229 Å². The van der Waals surface area contributed by atoms with Gasteiger partial charge >= 0.3 is 0 Å². The molecule has 0 N–H and O–H groups in total. The summed E-state index contributed by atoms with van der Waals surface area (Å²) in [4.78, 5) is 0. The molecule has 0 bridgehead atoms. The molecule has 0 unspecified atom stereocenters. The van der Waals surface area contributed by atoms with Crippen LogP contribution in [0, 0.1) is 0 Å². The summed E-state index contributed by atoms with van der Waals surface area (Å²) in [5.74, 6) is 0. The van der Waals surface area contributed by atoms with E-state index in [9.17, 15) is 0 Å². The highest BCUT2D eigenvalue weighted by molar-refractivity contribution is 6.33. The first-order chi connectivity index (χ1) is 67.2. The monoisotopic (exact) mass is 1770 g/mol. The van der Waals surface area contributed by atoms with Crippen LogP contribution in [0.1, 0.15) is 79.0 Å². The number of para-hydroxylation sites is 7. The van der Waals surface area contributed by atoms with Gasteiger partial charge in [0.05, 0.1) is 0 Å². The largest absolute Gasteiger partial charge is 0.456 e. The minimum atomic E-state index is 0.0560. The molecule has 0 saturated carbocycles. The Bertz CT molecular complexity index is 10200. The van der Waals surface area contributed by atoms with Gasteiger partial charge in [0.15, 0.2) is 0 Å². The molecule has 6 nitrogen and oxygen atoms in total. The summed E-state index contributed by atoms with van der Waals surface area (Å²) in [7, 11) is 0. The Labute approximate surface area is 793 Å². The Kier molecular flexibility index (Phi) is 17.0. The number of hydrogen-bond acceptors (Lipinski definition) is 6. The summed E-state index contributed by atoms with van der Waals surface area (Å²) in [6.45, 7) is 20.6. The molecule has 0 aliphatic heterocycles. The number of fused-ring (bicyclic) bond motifs is 18. The molecule has 24 aromatic carbocycles. The summed E-state index contributed by atoms with van der Waals surface area (Å²) in [5, 5.41) is 36.8. The van der Waals surface area contributed by atoms with Crippen LogP contribution in [0.3, 0.4) is 0 Å². The van der Waals surface area contributed by atoms with Gasteiger partial charge in [0.1, 0.15) is 67.0 Å². The molecule has 0 radical (unpaired) electrons.